The number of hydrogen-bond acceptors (Lipinski definition) is 3. The van der Waals surface area contributed by atoms with Crippen molar-refractivity contribution in [1.82, 2.24) is 0 Å². The van der Waals surface area contributed by atoms with Crippen LogP contribution in [-0.2, 0) is 9.84 Å². The van der Waals surface area contributed by atoms with E-state index in [0.717, 1.165) is 11.6 Å². The van der Waals surface area contributed by atoms with E-state index in [4.69, 9.17) is 0 Å². The first-order valence-corrected chi connectivity index (χ1v) is 8.27. The van der Waals surface area contributed by atoms with Crippen LogP contribution in [0.3, 0.4) is 0 Å². The van der Waals surface area contributed by atoms with Crippen LogP contribution in [0.2, 0.25) is 0 Å². The first-order valence-electron chi connectivity index (χ1n) is 6.62. The van der Waals surface area contributed by atoms with Crippen LogP contribution < -0.4 is 5.32 Å². The molecule has 1 aliphatic carbocycles. The van der Waals surface area contributed by atoms with Crippen molar-refractivity contribution in [3.63, 3.8) is 0 Å². The van der Waals surface area contributed by atoms with E-state index in [0.29, 0.717) is 17.4 Å². The van der Waals surface area contributed by atoms with Crippen LogP contribution >= 0.6 is 0 Å². The van der Waals surface area contributed by atoms with Gasteiger partial charge in [0.1, 0.15) is 0 Å². The molecule has 100 valence electrons. The molecule has 0 spiro atoms. The molecule has 0 heterocycles. The van der Waals surface area contributed by atoms with Gasteiger partial charge in [-0.05, 0) is 56.4 Å². The Hall–Kier alpha value is -1.03. The average molecular weight is 267 g/mol. The molecule has 0 amide bonds. The molecule has 1 unspecified atom stereocenters. The van der Waals surface area contributed by atoms with Crippen molar-refractivity contribution in [3.05, 3.63) is 24.3 Å². The molecule has 1 atom stereocenters. The Labute approximate surface area is 110 Å². The number of nitrogens with one attached hydrogen (secondary N) is 1. The van der Waals surface area contributed by atoms with E-state index in [9.17, 15) is 8.42 Å². The third-order valence-corrected chi connectivity index (χ3v) is 5.35. The van der Waals surface area contributed by atoms with E-state index >= 15 is 0 Å². The van der Waals surface area contributed by atoms with E-state index in [1.54, 1.807) is 12.1 Å². The van der Waals surface area contributed by atoms with Crippen molar-refractivity contribution in [2.45, 2.75) is 44.0 Å². The third kappa shape index (κ3) is 3.25. The third-order valence-electron chi connectivity index (χ3n) is 3.41. The number of sulfone groups is 1. The quantitative estimate of drug-likeness (QED) is 0.861. The molecule has 0 bridgehead atoms. The minimum atomic E-state index is -3.09. The Morgan fingerprint density at radius 1 is 1.28 bits per heavy atom. The smallest absolute Gasteiger partial charge is 0.178 e. The molecule has 0 saturated heterocycles. The first kappa shape index (κ1) is 13.4. The lowest BCUT2D eigenvalue weighted by molar-refractivity contribution is 0.594. The summed E-state index contributed by atoms with van der Waals surface area (Å²) in [5.41, 5.74) is 1.00. The molecular formula is C14H21NO2S. The Bertz CT molecular complexity index is 489. The molecule has 1 saturated carbocycles. The van der Waals surface area contributed by atoms with Gasteiger partial charge in [-0.3, -0.25) is 0 Å². The van der Waals surface area contributed by atoms with Gasteiger partial charge < -0.3 is 5.32 Å². The van der Waals surface area contributed by atoms with Crippen molar-refractivity contribution in [2.24, 2.45) is 5.92 Å². The maximum atomic E-state index is 11.9. The van der Waals surface area contributed by atoms with Gasteiger partial charge in [0, 0.05) is 11.7 Å². The summed E-state index contributed by atoms with van der Waals surface area (Å²) < 4.78 is 23.7. The topological polar surface area (TPSA) is 46.2 Å². The summed E-state index contributed by atoms with van der Waals surface area (Å²) in [5.74, 6) is 1.01. The van der Waals surface area contributed by atoms with Crippen LogP contribution in [0.5, 0.6) is 0 Å². The minimum Gasteiger partial charge on any atom is -0.382 e. The predicted octanol–water partition coefficient (Wildman–Crippen LogP) is 3.08. The van der Waals surface area contributed by atoms with Crippen molar-refractivity contribution in [2.75, 3.05) is 11.1 Å². The van der Waals surface area contributed by atoms with Crippen LogP contribution in [0.25, 0.3) is 0 Å². The second kappa shape index (κ2) is 5.31. The molecule has 3 nitrogen and oxygen atoms in total. The van der Waals surface area contributed by atoms with E-state index < -0.39 is 9.84 Å². The van der Waals surface area contributed by atoms with Crippen LogP contribution in [0, 0.1) is 5.92 Å². The SMILES string of the molecule is CCCS(=O)(=O)c1ccc(NC(C)C2CC2)cc1. The van der Waals surface area contributed by atoms with Gasteiger partial charge in [0.15, 0.2) is 9.84 Å². The van der Waals surface area contributed by atoms with Gasteiger partial charge in [-0.15, -0.1) is 0 Å². The Balaban J connectivity index is 2.05. The van der Waals surface area contributed by atoms with Crippen LogP contribution in [0.1, 0.15) is 33.1 Å². The molecule has 4 heteroatoms. The van der Waals surface area contributed by atoms with Crippen molar-refractivity contribution in [1.29, 1.82) is 0 Å². The number of hydrogen-bond donors (Lipinski definition) is 1. The summed E-state index contributed by atoms with van der Waals surface area (Å²) in [7, 11) is -3.09. The maximum Gasteiger partial charge on any atom is 0.178 e. The molecule has 1 N–H and O–H groups in total. The molecule has 0 radical (unpaired) electrons. The van der Waals surface area contributed by atoms with Crippen LogP contribution in [-0.4, -0.2) is 20.2 Å². The number of benzene rings is 1. The van der Waals surface area contributed by atoms with Gasteiger partial charge >= 0.3 is 0 Å². The summed E-state index contributed by atoms with van der Waals surface area (Å²) >= 11 is 0. The fraction of sp³-hybridized carbons (Fsp3) is 0.571. The molecular weight excluding hydrogens is 246 g/mol. The first-order chi connectivity index (χ1) is 8.53. The average Bonchev–Trinajstić information content (AvgIpc) is 3.13. The van der Waals surface area contributed by atoms with Crippen LogP contribution in [0.15, 0.2) is 29.2 Å². The monoisotopic (exact) mass is 267 g/mol. The lowest BCUT2D eigenvalue weighted by Crippen LogP contribution is -2.17. The van der Waals surface area contributed by atoms with Crippen LogP contribution in [0.4, 0.5) is 5.69 Å². The highest BCUT2D eigenvalue weighted by molar-refractivity contribution is 7.91. The highest BCUT2D eigenvalue weighted by Crippen LogP contribution is 2.34. The van der Waals surface area contributed by atoms with E-state index in [-0.39, 0.29) is 5.75 Å². The Morgan fingerprint density at radius 2 is 1.89 bits per heavy atom. The van der Waals surface area contributed by atoms with Crippen molar-refractivity contribution >= 4 is 15.5 Å². The normalized spacial score (nSPS) is 17.4. The van der Waals surface area contributed by atoms with E-state index in [2.05, 4.69) is 12.2 Å². The Kier molecular flexibility index (Phi) is 3.95. The molecule has 1 aromatic rings. The van der Waals surface area contributed by atoms with E-state index in [1.165, 1.54) is 12.8 Å². The minimum absolute atomic E-state index is 0.220. The second-order valence-corrected chi connectivity index (χ2v) is 7.22. The maximum absolute atomic E-state index is 11.9. The standard InChI is InChI=1S/C14H21NO2S/c1-3-10-18(16,17)14-8-6-13(7-9-14)15-11(2)12-4-5-12/h6-9,11-12,15H,3-5,10H2,1-2H3. The largest absolute Gasteiger partial charge is 0.382 e. The second-order valence-electron chi connectivity index (χ2n) is 5.11. The van der Waals surface area contributed by atoms with E-state index in [1.807, 2.05) is 19.1 Å². The Morgan fingerprint density at radius 3 is 2.39 bits per heavy atom. The molecule has 2 rings (SSSR count). The summed E-state index contributed by atoms with van der Waals surface area (Å²) in [5, 5.41) is 3.42. The van der Waals surface area contributed by atoms with Gasteiger partial charge in [0.05, 0.1) is 10.6 Å². The van der Waals surface area contributed by atoms with Gasteiger partial charge in [0.2, 0.25) is 0 Å². The molecule has 1 aliphatic rings. The fourth-order valence-electron chi connectivity index (χ4n) is 2.12. The predicted molar refractivity (Wildman–Crippen MR) is 74.6 cm³/mol. The van der Waals surface area contributed by atoms with Crippen molar-refractivity contribution < 1.29 is 8.42 Å². The molecule has 1 aromatic carbocycles. The summed E-state index contributed by atoms with van der Waals surface area (Å²) in [6.07, 6.45) is 3.26. The van der Waals surface area contributed by atoms with Gasteiger partial charge in [0.25, 0.3) is 0 Å². The molecule has 18 heavy (non-hydrogen) atoms. The zero-order valence-corrected chi connectivity index (χ0v) is 11.8. The number of anilines is 1. The zero-order valence-electron chi connectivity index (χ0n) is 11.0. The van der Waals surface area contributed by atoms with Gasteiger partial charge in [-0.1, -0.05) is 6.92 Å². The molecule has 1 fully saturated rings. The highest BCUT2D eigenvalue weighted by atomic mass is 32.2. The van der Waals surface area contributed by atoms with Gasteiger partial charge in [-0.2, -0.15) is 0 Å². The molecule has 0 aromatic heterocycles. The zero-order chi connectivity index (χ0) is 13.2. The highest BCUT2D eigenvalue weighted by Gasteiger charge is 2.27. The lowest BCUT2D eigenvalue weighted by Gasteiger charge is -2.14. The van der Waals surface area contributed by atoms with Crippen molar-refractivity contribution in [3.8, 4) is 0 Å². The fourth-order valence-corrected chi connectivity index (χ4v) is 3.45. The van der Waals surface area contributed by atoms with Gasteiger partial charge in [-0.25, -0.2) is 8.42 Å². The summed E-state index contributed by atoms with van der Waals surface area (Å²) in [4.78, 5) is 0.425. The summed E-state index contributed by atoms with van der Waals surface area (Å²) in [6, 6.07) is 7.60. The number of rotatable bonds is 6. The lowest BCUT2D eigenvalue weighted by atomic mass is 10.2. The summed E-state index contributed by atoms with van der Waals surface area (Å²) in [6.45, 7) is 4.06. The molecule has 0 aliphatic heterocycles.